The summed E-state index contributed by atoms with van der Waals surface area (Å²) in [6, 6.07) is 4.51. The van der Waals surface area contributed by atoms with E-state index < -0.39 is 0 Å². The van der Waals surface area contributed by atoms with Crippen LogP contribution in [0, 0.1) is 0 Å². The molecule has 0 aromatic carbocycles. The van der Waals surface area contributed by atoms with Gasteiger partial charge >= 0.3 is 0 Å². The average Bonchev–Trinajstić information content (AvgIpc) is 3.33. The fraction of sp³-hybridized carbons (Fsp3) is 0.467. The Morgan fingerprint density at radius 3 is 3.17 bits per heavy atom. The van der Waals surface area contributed by atoms with Crippen molar-refractivity contribution in [2.45, 2.75) is 38.4 Å². The lowest BCUT2D eigenvalue weighted by Gasteiger charge is -2.28. The van der Waals surface area contributed by atoms with E-state index >= 15 is 0 Å². The van der Waals surface area contributed by atoms with Crippen LogP contribution in [0.1, 0.15) is 31.7 Å². The van der Waals surface area contributed by atoms with E-state index in [1.807, 2.05) is 22.2 Å². The van der Waals surface area contributed by atoms with Crippen molar-refractivity contribution >= 4 is 11.3 Å². The molecule has 0 spiro atoms. The summed E-state index contributed by atoms with van der Waals surface area (Å²) < 4.78 is 7.79. The van der Waals surface area contributed by atoms with Gasteiger partial charge in [-0.1, -0.05) is 6.07 Å². The summed E-state index contributed by atoms with van der Waals surface area (Å²) in [4.78, 5) is 7.45. The van der Waals surface area contributed by atoms with Crippen LogP contribution < -0.4 is 0 Å². The maximum Gasteiger partial charge on any atom is 0.257 e. The number of thiophene rings is 1. The van der Waals surface area contributed by atoms with E-state index in [1.165, 1.54) is 6.42 Å². The fourth-order valence-electron chi connectivity index (χ4n) is 3.15. The Balaban J connectivity index is 1.50. The van der Waals surface area contributed by atoms with Crippen LogP contribution in [0.5, 0.6) is 0 Å². The van der Waals surface area contributed by atoms with E-state index in [0.29, 0.717) is 17.8 Å². The molecule has 0 N–H and O–H groups in total. The van der Waals surface area contributed by atoms with E-state index in [9.17, 15) is 0 Å². The molecule has 120 valence electrons. The quantitative estimate of drug-likeness (QED) is 0.716. The second kappa shape index (κ2) is 6.21. The minimum absolute atomic E-state index is 0.104. The smallest absolute Gasteiger partial charge is 0.257 e. The third-order valence-corrected chi connectivity index (χ3v) is 5.17. The number of aromatic nitrogens is 5. The van der Waals surface area contributed by atoms with Gasteiger partial charge < -0.3 is 4.42 Å². The van der Waals surface area contributed by atoms with Crippen molar-refractivity contribution in [1.29, 1.82) is 0 Å². The third kappa shape index (κ3) is 2.91. The molecule has 0 unspecified atom stereocenters. The molecule has 0 saturated carbocycles. The highest BCUT2D eigenvalue weighted by Crippen LogP contribution is 2.31. The molecule has 1 fully saturated rings. The van der Waals surface area contributed by atoms with E-state index in [0.717, 1.165) is 24.4 Å². The van der Waals surface area contributed by atoms with Crippen LogP contribution in [0.4, 0.5) is 0 Å². The Morgan fingerprint density at radius 1 is 1.43 bits per heavy atom. The van der Waals surface area contributed by atoms with Gasteiger partial charge in [-0.3, -0.25) is 9.58 Å². The van der Waals surface area contributed by atoms with Gasteiger partial charge in [0.1, 0.15) is 12.7 Å². The topological polar surface area (TPSA) is 72.9 Å². The molecule has 0 aliphatic carbocycles. The van der Waals surface area contributed by atoms with E-state index in [4.69, 9.17) is 4.42 Å². The molecule has 1 aliphatic heterocycles. The van der Waals surface area contributed by atoms with Crippen molar-refractivity contribution < 1.29 is 4.42 Å². The summed E-state index contributed by atoms with van der Waals surface area (Å²) in [6.45, 7) is 4.01. The lowest BCUT2D eigenvalue weighted by molar-refractivity contribution is 0.152. The second-order valence-electron chi connectivity index (χ2n) is 5.75. The van der Waals surface area contributed by atoms with Crippen molar-refractivity contribution in [1.82, 2.24) is 29.9 Å². The molecule has 7 nitrogen and oxygen atoms in total. The summed E-state index contributed by atoms with van der Waals surface area (Å²) >= 11 is 1.61. The summed E-state index contributed by atoms with van der Waals surface area (Å²) in [6.07, 6.45) is 5.67. The molecular weight excluding hydrogens is 312 g/mol. The monoisotopic (exact) mass is 330 g/mol. The third-order valence-electron chi connectivity index (χ3n) is 4.31. The van der Waals surface area contributed by atoms with Crippen LogP contribution in [0.15, 0.2) is 34.6 Å². The van der Waals surface area contributed by atoms with Crippen molar-refractivity contribution in [3.8, 4) is 10.8 Å². The molecule has 0 bridgehead atoms. The number of rotatable bonds is 5. The molecule has 3 aromatic rings. The lowest BCUT2D eigenvalue weighted by atomic mass is 10.2. The highest BCUT2D eigenvalue weighted by molar-refractivity contribution is 7.13. The molecule has 3 aromatic heterocycles. The molecule has 0 radical (unpaired) electrons. The molecule has 8 heteroatoms. The minimum Gasteiger partial charge on any atom is -0.418 e. The van der Waals surface area contributed by atoms with E-state index in [1.54, 1.807) is 24.0 Å². The highest BCUT2D eigenvalue weighted by Gasteiger charge is 2.32. The Bertz CT molecular complexity index is 738. The average molecular weight is 330 g/mol. The summed E-state index contributed by atoms with van der Waals surface area (Å²) in [7, 11) is 0. The molecule has 4 rings (SSSR count). The standard InChI is InChI=1S/C15H18N6OS/c1-11(14-18-19-15(22-14)13-5-3-7-23-13)21-6-2-4-12(21)8-20-10-16-9-17-20/h3,5,7,9-12H,2,4,6,8H2,1H3/t11-,12-/m0/s1. The van der Waals surface area contributed by atoms with Crippen molar-refractivity contribution in [2.75, 3.05) is 6.54 Å². The molecule has 4 heterocycles. The first-order chi connectivity index (χ1) is 11.3. The zero-order valence-corrected chi connectivity index (χ0v) is 13.7. The van der Waals surface area contributed by atoms with Gasteiger partial charge in [-0.15, -0.1) is 21.5 Å². The molecule has 0 amide bonds. The molecule has 2 atom stereocenters. The second-order valence-corrected chi connectivity index (χ2v) is 6.70. The van der Waals surface area contributed by atoms with Gasteiger partial charge in [0.2, 0.25) is 5.89 Å². The Morgan fingerprint density at radius 2 is 2.39 bits per heavy atom. The predicted molar refractivity (Wildman–Crippen MR) is 85.8 cm³/mol. The van der Waals surface area contributed by atoms with Gasteiger partial charge in [0.15, 0.2) is 0 Å². The Kier molecular flexibility index (Phi) is 3.92. The van der Waals surface area contributed by atoms with E-state index in [-0.39, 0.29) is 6.04 Å². The van der Waals surface area contributed by atoms with Gasteiger partial charge in [-0.2, -0.15) is 5.10 Å². The normalized spacial score (nSPS) is 20.1. The molecule has 1 aliphatic rings. The SMILES string of the molecule is C[C@@H](c1nnc(-c2cccs2)o1)N1CCC[C@H]1Cn1cncn1. The first-order valence-electron chi connectivity index (χ1n) is 7.76. The highest BCUT2D eigenvalue weighted by atomic mass is 32.1. The summed E-state index contributed by atoms with van der Waals surface area (Å²) in [5.41, 5.74) is 0. The van der Waals surface area contributed by atoms with Crippen LogP contribution in [-0.4, -0.2) is 42.4 Å². The first-order valence-corrected chi connectivity index (χ1v) is 8.64. The van der Waals surface area contributed by atoms with Crippen LogP contribution in [0.2, 0.25) is 0 Å². The van der Waals surface area contributed by atoms with Crippen molar-refractivity contribution in [3.05, 3.63) is 36.1 Å². The summed E-state index contributed by atoms with van der Waals surface area (Å²) in [5, 5.41) is 14.7. The maximum absolute atomic E-state index is 5.90. The van der Waals surface area contributed by atoms with Crippen LogP contribution >= 0.6 is 11.3 Å². The summed E-state index contributed by atoms with van der Waals surface area (Å²) in [5.74, 6) is 1.28. The molecule has 1 saturated heterocycles. The number of nitrogens with zero attached hydrogens (tertiary/aromatic N) is 6. The molecular formula is C15H18N6OS. The Labute approximate surface area is 138 Å². The van der Waals surface area contributed by atoms with Gasteiger partial charge in [0.05, 0.1) is 17.5 Å². The number of likely N-dealkylation sites (tertiary alicyclic amines) is 1. The molecule has 23 heavy (non-hydrogen) atoms. The van der Waals surface area contributed by atoms with Gasteiger partial charge in [0, 0.05) is 6.04 Å². The number of hydrogen-bond acceptors (Lipinski definition) is 7. The zero-order valence-electron chi connectivity index (χ0n) is 12.9. The number of hydrogen-bond donors (Lipinski definition) is 0. The minimum atomic E-state index is 0.104. The van der Waals surface area contributed by atoms with Crippen LogP contribution in [0.3, 0.4) is 0 Å². The largest absolute Gasteiger partial charge is 0.418 e. The Hall–Kier alpha value is -2.06. The van der Waals surface area contributed by atoms with Crippen molar-refractivity contribution in [2.24, 2.45) is 0 Å². The van der Waals surface area contributed by atoms with Crippen molar-refractivity contribution in [3.63, 3.8) is 0 Å². The lowest BCUT2D eigenvalue weighted by Crippen LogP contribution is -2.35. The zero-order chi connectivity index (χ0) is 15.6. The maximum atomic E-state index is 5.90. The van der Waals surface area contributed by atoms with Gasteiger partial charge in [-0.05, 0) is 37.8 Å². The van der Waals surface area contributed by atoms with Crippen LogP contribution in [-0.2, 0) is 6.54 Å². The van der Waals surface area contributed by atoms with E-state index in [2.05, 4.69) is 32.1 Å². The fourth-order valence-corrected chi connectivity index (χ4v) is 3.80. The van der Waals surface area contributed by atoms with Gasteiger partial charge in [0.25, 0.3) is 5.89 Å². The first kappa shape index (κ1) is 14.5. The van der Waals surface area contributed by atoms with Gasteiger partial charge in [-0.25, -0.2) is 4.98 Å². The predicted octanol–water partition coefficient (Wildman–Crippen LogP) is 2.62. The van der Waals surface area contributed by atoms with Crippen LogP contribution in [0.25, 0.3) is 10.8 Å².